The Labute approximate surface area is 122 Å². The van der Waals surface area contributed by atoms with Gasteiger partial charge in [-0.25, -0.2) is 0 Å². The van der Waals surface area contributed by atoms with Gasteiger partial charge in [-0.15, -0.1) is 0 Å². The summed E-state index contributed by atoms with van der Waals surface area (Å²) in [5.74, 6) is 0.446. The first-order valence-electron chi connectivity index (χ1n) is 7.04. The van der Waals surface area contributed by atoms with Crippen molar-refractivity contribution in [2.45, 2.75) is 32.2 Å². The van der Waals surface area contributed by atoms with Crippen LogP contribution in [0.3, 0.4) is 0 Å². The van der Waals surface area contributed by atoms with Gasteiger partial charge in [-0.2, -0.15) is 13.2 Å². The summed E-state index contributed by atoms with van der Waals surface area (Å²) in [4.78, 5) is 2.07. The van der Waals surface area contributed by atoms with Crippen molar-refractivity contribution >= 4 is 5.69 Å². The molecule has 6 heteroatoms. The SMILES string of the molecule is COC1CN(c2ccc(C(F)(F)F)cc2CN)CCC1C. The molecule has 2 unspecified atom stereocenters. The molecular weight excluding hydrogens is 281 g/mol. The fourth-order valence-corrected chi connectivity index (χ4v) is 2.79. The van der Waals surface area contributed by atoms with Crippen molar-refractivity contribution in [3.05, 3.63) is 29.3 Å². The van der Waals surface area contributed by atoms with Crippen molar-refractivity contribution in [1.82, 2.24) is 0 Å². The maximum atomic E-state index is 12.8. The van der Waals surface area contributed by atoms with Gasteiger partial charge in [0.15, 0.2) is 0 Å². The van der Waals surface area contributed by atoms with Crippen molar-refractivity contribution in [2.75, 3.05) is 25.1 Å². The number of anilines is 1. The van der Waals surface area contributed by atoms with E-state index < -0.39 is 11.7 Å². The van der Waals surface area contributed by atoms with Gasteiger partial charge in [-0.05, 0) is 36.1 Å². The second kappa shape index (κ2) is 6.23. The standard InChI is InChI=1S/C15H21F3N2O/c1-10-5-6-20(9-14(10)21-2)13-4-3-12(15(16,17)18)7-11(13)8-19/h3-4,7,10,14H,5-6,8-9,19H2,1-2H3. The highest BCUT2D eigenvalue weighted by atomic mass is 19.4. The molecule has 0 aliphatic carbocycles. The molecular formula is C15H21F3N2O. The van der Waals surface area contributed by atoms with E-state index in [1.807, 2.05) is 0 Å². The Morgan fingerprint density at radius 2 is 2.10 bits per heavy atom. The maximum Gasteiger partial charge on any atom is 0.416 e. The zero-order chi connectivity index (χ0) is 15.6. The number of halogens is 3. The fraction of sp³-hybridized carbons (Fsp3) is 0.600. The second-order valence-corrected chi connectivity index (χ2v) is 5.53. The van der Waals surface area contributed by atoms with Gasteiger partial charge in [-0.3, -0.25) is 0 Å². The Kier molecular flexibility index (Phi) is 4.78. The molecule has 0 amide bonds. The number of hydrogen-bond acceptors (Lipinski definition) is 3. The van der Waals surface area contributed by atoms with Gasteiger partial charge < -0.3 is 15.4 Å². The molecule has 1 saturated heterocycles. The zero-order valence-corrected chi connectivity index (χ0v) is 12.3. The van der Waals surface area contributed by atoms with E-state index in [4.69, 9.17) is 10.5 Å². The first-order valence-corrected chi connectivity index (χ1v) is 7.04. The summed E-state index contributed by atoms with van der Waals surface area (Å²) in [5.41, 5.74) is 6.29. The van der Waals surface area contributed by atoms with Crippen molar-refractivity contribution < 1.29 is 17.9 Å². The summed E-state index contributed by atoms with van der Waals surface area (Å²) in [7, 11) is 1.67. The highest BCUT2D eigenvalue weighted by molar-refractivity contribution is 5.56. The molecule has 1 aliphatic heterocycles. The Bertz CT molecular complexity index is 490. The topological polar surface area (TPSA) is 38.5 Å². The predicted molar refractivity (Wildman–Crippen MR) is 76.1 cm³/mol. The third kappa shape index (κ3) is 3.49. The molecule has 0 bridgehead atoms. The highest BCUT2D eigenvalue weighted by Crippen LogP contribution is 2.34. The highest BCUT2D eigenvalue weighted by Gasteiger charge is 2.32. The van der Waals surface area contributed by atoms with Crippen LogP contribution in [0.25, 0.3) is 0 Å². The number of ether oxygens (including phenoxy) is 1. The van der Waals surface area contributed by atoms with Crippen LogP contribution in [0.1, 0.15) is 24.5 Å². The Morgan fingerprint density at radius 1 is 1.38 bits per heavy atom. The van der Waals surface area contributed by atoms with E-state index in [1.54, 1.807) is 7.11 Å². The molecule has 0 radical (unpaired) electrons. The van der Waals surface area contributed by atoms with Crippen molar-refractivity contribution in [3.8, 4) is 0 Å². The molecule has 2 atom stereocenters. The van der Waals surface area contributed by atoms with Gasteiger partial charge in [0.05, 0.1) is 11.7 Å². The quantitative estimate of drug-likeness (QED) is 0.933. The van der Waals surface area contributed by atoms with E-state index in [0.717, 1.165) is 30.8 Å². The van der Waals surface area contributed by atoms with Crippen LogP contribution in [0.2, 0.25) is 0 Å². The Balaban J connectivity index is 2.27. The van der Waals surface area contributed by atoms with E-state index >= 15 is 0 Å². The summed E-state index contributed by atoms with van der Waals surface area (Å²) in [5, 5.41) is 0. The number of hydrogen-bond donors (Lipinski definition) is 1. The number of nitrogens with zero attached hydrogens (tertiary/aromatic N) is 1. The maximum absolute atomic E-state index is 12.8. The molecule has 0 spiro atoms. The number of alkyl halides is 3. The lowest BCUT2D eigenvalue weighted by atomic mass is 9.94. The van der Waals surface area contributed by atoms with E-state index in [0.29, 0.717) is 18.0 Å². The minimum atomic E-state index is -4.34. The molecule has 2 N–H and O–H groups in total. The van der Waals surface area contributed by atoms with Gasteiger partial charge >= 0.3 is 6.18 Å². The number of benzene rings is 1. The summed E-state index contributed by atoms with van der Waals surface area (Å²) >= 11 is 0. The van der Waals surface area contributed by atoms with Crippen LogP contribution in [-0.2, 0) is 17.5 Å². The average Bonchev–Trinajstić information content (AvgIpc) is 2.46. The molecule has 0 saturated carbocycles. The molecule has 1 fully saturated rings. The first kappa shape index (κ1) is 16.1. The van der Waals surface area contributed by atoms with Crippen LogP contribution in [0.5, 0.6) is 0 Å². The van der Waals surface area contributed by atoms with Gasteiger partial charge in [0.1, 0.15) is 0 Å². The molecule has 1 aliphatic rings. The van der Waals surface area contributed by atoms with E-state index in [-0.39, 0.29) is 12.6 Å². The lowest BCUT2D eigenvalue weighted by molar-refractivity contribution is -0.137. The van der Waals surface area contributed by atoms with Crippen molar-refractivity contribution in [1.29, 1.82) is 0 Å². The third-order valence-corrected chi connectivity index (χ3v) is 4.16. The normalized spacial score (nSPS) is 23.4. The molecule has 118 valence electrons. The Hall–Kier alpha value is -1.27. The molecule has 2 rings (SSSR count). The predicted octanol–water partition coefficient (Wildman–Crippen LogP) is 3.03. The van der Waals surface area contributed by atoms with Gasteiger partial charge in [0.2, 0.25) is 0 Å². The van der Waals surface area contributed by atoms with Crippen LogP contribution >= 0.6 is 0 Å². The number of methoxy groups -OCH3 is 1. The van der Waals surface area contributed by atoms with Crippen LogP contribution in [-0.4, -0.2) is 26.3 Å². The molecule has 1 aromatic rings. The lowest BCUT2D eigenvalue weighted by Gasteiger charge is -2.38. The average molecular weight is 302 g/mol. The summed E-state index contributed by atoms with van der Waals surface area (Å²) in [6, 6.07) is 3.79. The number of rotatable bonds is 3. The monoisotopic (exact) mass is 302 g/mol. The van der Waals surface area contributed by atoms with Crippen LogP contribution in [0, 0.1) is 5.92 Å². The lowest BCUT2D eigenvalue weighted by Crippen LogP contribution is -2.44. The summed E-state index contributed by atoms with van der Waals surface area (Å²) < 4.78 is 43.8. The van der Waals surface area contributed by atoms with E-state index in [1.165, 1.54) is 6.07 Å². The zero-order valence-electron chi connectivity index (χ0n) is 12.3. The molecule has 3 nitrogen and oxygen atoms in total. The number of nitrogens with two attached hydrogens (primary N) is 1. The molecule has 1 aromatic carbocycles. The van der Waals surface area contributed by atoms with E-state index in [2.05, 4.69) is 11.8 Å². The largest absolute Gasteiger partial charge is 0.416 e. The summed E-state index contributed by atoms with van der Waals surface area (Å²) in [6.07, 6.45) is -3.30. The van der Waals surface area contributed by atoms with Gasteiger partial charge in [0.25, 0.3) is 0 Å². The number of piperidine rings is 1. The second-order valence-electron chi connectivity index (χ2n) is 5.53. The van der Waals surface area contributed by atoms with Crippen LogP contribution < -0.4 is 10.6 Å². The summed E-state index contributed by atoms with van der Waals surface area (Å²) in [6.45, 7) is 3.69. The van der Waals surface area contributed by atoms with Crippen LogP contribution in [0.4, 0.5) is 18.9 Å². The minimum Gasteiger partial charge on any atom is -0.379 e. The molecule has 1 heterocycles. The third-order valence-electron chi connectivity index (χ3n) is 4.16. The van der Waals surface area contributed by atoms with Crippen LogP contribution in [0.15, 0.2) is 18.2 Å². The molecule has 0 aromatic heterocycles. The van der Waals surface area contributed by atoms with Crippen molar-refractivity contribution in [2.24, 2.45) is 11.7 Å². The Morgan fingerprint density at radius 3 is 2.67 bits per heavy atom. The minimum absolute atomic E-state index is 0.0863. The first-order chi connectivity index (χ1) is 9.86. The smallest absolute Gasteiger partial charge is 0.379 e. The van der Waals surface area contributed by atoms with Crippen molar-refractivity contribution in [3.63, 3.8) is 0 Å². The van der Waals surface area contributed by atoms with Gasteiger partial charge in [0, 0.05) is 32.4 Å². The van der Waals surface area contributed by atoms with E-state index in [9.17, 15) is 13.2 Å². The molecule has 21 heavy (non-hydrogen) atoms. The van der Waals surface area contributed by atoms with Gasteiger partial charge in [-0.1, -0.05) is 6.92 Å². The fourth-order valence-electron chi connectivity index (χ4n) is 2.79.